The lowest BCUT2D eigenvalue weighted by Gasteiger charge is -2.15. The van der Waals surface area contributed by atoms with Crippen molar-refractivity contribution in [2.45, 2.75) is 26.3 Å². The topological polar surface area (TPSA) is 74.2 Å². The van der Waals surface area contributed by atoms with Gasteiger partial charge in [0.25, 0.3) is 0 Å². The van der Waals surface area contributed by atoms with Gasteiger partial charge in [-0.3, -0.25) is 4.79 Å². The molecule has 2 unspecified atom stereocenters. The van der Waals surface area contributed by atoms with Gasteiger partial charge in [-0.2, -0.15) is 0 Å². The van der Waals surface area contributed by atoms with Crippen LogP contribution in [0, 0.1) is 12.8 Å². The van der Waals surface area contributed by atoms with Crippen molar-refractivity contribution in [3.63, 3.8) is 0 Å². The molecule has 0 saturated carbocycles. The number of aromatic nitrogens is 1. The Balaban J connectivity index is 2.10. The fourth-order valence-electron chi connectivity index (χ4n) is 2.02. The number of rotatable bonds is 2. The number of anilines is 1. The molecule has 1 aliphatic heterocycles. The van der Waals surface area contributed by atoms with Crippen molar-refractivity contribution in [2.24, 2.45) is 5.92 Å². The first-order valence-electron chi connectivity index (χ1n) is 5.79. The first-order valence-corrected chi connectivity index (χ1v) is 5.79. The molecule has 0 aromatic carbocycles. The van der Waals surface area contributed by atoms with E-state index in [1.165, 1.54) is 6.07 Å². The first kappa shape index (κ1) is 11.9. The second-order valence-electron chi connectivity index (χ2n) is 4.51. The molecule has 17 heavy (non-hydrogen) atoms. The normalized spacial score (nSPS) is 23.6. The van der Waals surface area contributed by atoms with E-state index in [1.807, 2.05) is 13.8 Å². The fourth-order valence-corrected chi connectivity index (χ4v) is 2.02. The van der Waals surface area contributed by atoms with Gasteiger partial charge in [-0.15, -0.1) is 0 Å². The smallest absolute Gasteiger partial charge is 0.243 e. The van der Waals surface area contributed by atoms with Crippen molar-refractivity contribution in [1.29, 1.82) is 0 Å². The number of hydrogen-bond donors (Lipinski definition) is 3. The van der Waals surface area contributed by atoms with E-state index in [0.717, 1.165) is 18.7 Å². The van der Waals surface area contributed by atoms with Gasteiger partial charge in [0.15, 0.2) is 11.6 Å². The molecule has 5 heteroatoms. The maximum absolute atomic E-state index is 12.0. The van der Waals surface area contributed by atoms with Gasteiger partial charge in [-0.25, -0.2) is 4.98 Å². The van der Waals surface area contributed by atoms with E-state index in [4.69, 9.17) is 0 Å². The van der Waals surface area contributed by atoms with Gasteiger partial charge in [-0.05, 0) is 37.9 Å². The van der Waals surface area contributed by atoms with Gasteiger partial charge in [0, 0.05) is 5.69 Å². The summed E-state index contributed by atoms with van der Waals surface area (Å²) in [6.07, 6.45) is 0.991. The first-order chi connectivity index (χ1) is 8.08. The van der Waals surface area contributed by atoms with Crippen LogP contribution < -0.4 is 10.6 Å². The van der Waals surface area contributed by atoms with Crippen LogP contribution in [0.4, 0.5) is 5.82 Å². The largest absolute Gasteiger partial charge is 0.504 e. The van der Waals surface area contributed by atoms with Crippen LogP contribution >= 0.6 is 0 Å². The highest BCUT2D eigenvalue weighted by Gasteiger charge is 2.29. The van der Waals surface area contributed by atoms with E-state index in [0.29, 0.717) is 5.92 Å². The highest BCUT2D eigenvalue weighted by atomic mass is 16.3. The Kier molecular flexibility index (Phi) is 3.28. The van der Waals surface area contributed by atoms with Gasteiger partial charge < -0.3 is 15.7 Å². The molecular formula is C12H17N3O2. The molecule has 0 radical (unpaired) electrons. The van der Waals surface area contributed by atoms with E-state index in [2.05, 4.69) is 15.6 Å². The number of aryl methyl sites for hydroxylation is 1. The number of carbonyl (C=O) groups is 1. The van der Waals surface area contributed by atoms with E-state index >= 15 is 0 Å². The number of pyridine rings is 1. The second-order valence-corrected chi connectivity index (χ2v) is 4.51. The monoisotopic (exact) mass is 235 g/mol. The van der Waals surface area contributed by atoms with Gasteiger partial charge in [0.1, 0.15) is 0 Å². The van der Waals surface area contributed by atoms with Crippen LogP contribution in [-0.4, -0.2) is 28.6 Å². The number of hydrogen-bond acceptors (Lipinski definition) is 4. The number of aromatic hydroxyl groups is 1. The van der Waals surface area contributed by atoms with Gasteiger partial charge >= 0.3 is 0 Å². The standard InChI is InChI=1S/C12H17N3O2/c1-7-5-6-13-10(7)12(17)15-11-9(16)4-3-8(2)14-11/h3-4,7,10,13,16H,5-6H2,1-2H3,(H,14,15,17). The third-order valence-corrected chi connectivity index (χ3v) is 3.07. The molecule has 92 valence electrons. The zero-order chi connectivity index (χ0) is 12.4. The summed E-state index contributed by atoms with van der Waals surface area (Å²) >= 11 is 0. The van der Waals surface area contributed by atoms with E-state index < -0.39 is 0 Å². The molecule has 3 N–H and O–H groups in total. The molecule has 2 atom stereocenters. The Morgan fingerprint density at radius 1 is 1.59 bits per heavy atom. The number of nitrogens with zero attached hydrogens (tertiary/aromatic N) is 1. The van der Waals surface area contributed by atoms with Gasteiger partial charge in [-0.1, -0.05) is 6.92 Å². The lowest BCUT2D eigenvalue weighted by atomic mass is 10.0. The van der Waals surface area contributed by atoms with E-state index in [9.17, 15) is 9.90 Å². The molecule has 0 aliphatic carbocycles. The molecule has 1 aromatic heterocycles. The molecular weight excluding hydrogens is 218 g/mol. The van der Waals surface area contributed by atoms with Gasteiger partial charge in [0.05, 0.1) is 6.04 Å². The van der Waals surface area contributed by atoms with Crippen molar-refractivity contribution in [2.75, 3.05) is 11.9 Å². The molecule has 0 bridgehead atoms. The Labute approximate surface area is 100 Å². The summed E-state index contributed by atoms with van der Waals surface area (Å²) in [5.74, 6) is 0.399. The summed E-state index contributed by atoms with van der Waals surface area (Å²) in [7, 11) is 0. The zero-order valence-corrected chi connectivity index (χ0v) is 10.0. The molecule has 5 nitrogen and oxygen atoms in total. The van der Waals surface area contributed by atoms with Crippen molar-refractivity contribution in [3.8, 4) is 5.75 Å². The number of carbonyl (C=O) groups excluding carboxylic acids is 1. The van der Waals surface area contributed by atoms with Crippen molar-refractivity contribution in [1.82, 2.24) is 10.3 Å². The van der Waals surface area contributed by atoms with Crippen LogP contribution in [0.3, 0.4) is 0 Å². The third-order valence-electron chi connectivity index (χ3n) is 3.07. The van der Waals surface area contributed by atoms with Crippen LogP contribution in [0.5, 0.6) is 5.75 Å². The Morgan fingerprint density at radius 2 is 2.35 bits per heavy atom. The van der Waals surface area contributed by atoms with Crippen LogP contribution in [0.2, 0.25) is 0 Å². The highest BCUT2D eigenvalue weighted by molar-refractivity contribution is 5.95. The van der Waals surface area contributed by atoms with Crippen LogP contribution in [0.15, 0.2) is 12.1 Å². The molecule has 0 spiro atoms. The molecule has 1 aromatic rings. The predicted octanol–water partition coefficient (Wildman–Crippen LogP) is 1.03. The molecule has 2 rings (SSSR count). The summed E-state index contributed by atoms with van der Waals surface area (Å²) in [4.78, 5) is 16.1. The van der Waals surface area contributed by atoms with E-state index in [1.54, 1.807) is 6.07 Å². The zero-order valence-electron chi connectivity index (χ0n) is 10.0. The molecule has 2 heterocycles. The third kappa shape index (κ3) is 2.55. The average molecular weight is 235 g/mol. The minimum Gasteiger partial charge on any atom is -0.504 e. The fraction of sp³-hybridized carbons (Fsp3) is 0.500. The van der Waals surface area contributed by atoms with Crippen molar-refractivity contribution >= 4 is 11.7 Å². The highest BCUT2D eigenvalue weighted by Crippen LogP contribution is 2.22. The number of nitrogens with one attached hydrogen (secondary N) is 2. The Bertz CT molecular complexity index is 434. The molecule has 1 fully saturated rings. The molecule has 1 aliphatic rings. The van der Waals surface area contributed by atoms with Crippen molar-refractivity contribution < 1.29 is 9.90 Å². The lowest BCUT2D eigenvalue weighted by molar-refractivity contribution is -0.118. The minimum atomic E-state index is -0.197. The van der Waals surface area contributed by atoms with Gasteiger partial charge in [0.2, 0.25) is 5.91 Å². The average Bonchev–Trinajstić information content (AvgIpc) is 2.70. The minimum absolute atomic E-state index is 0.00500. The maximum Gasteiger partial charge on any atom is 0.243 e. The van der Waals surface area contributed by atoms with Crippen LogP contribution in [0.25, 0.3) is 0 Å². The quantitative estimate of drug-likeness (QED) is 0.716. The molecule has 1 amide bonds. The number of amides is 1. The summed E-state index contributed by atoms with van der Waals surface area (Å²) < 4.78 is 0. The lowest BCUT2D eigenvalue weighted by Crippen LogP contribution is -2.39. The Hall–Kier alpha value is -1.62. The maximum atomic E-state index is 12.0. The van der Waals surface area contributed by atoms with Crippen LogP contribution in [0.1, 0.15) is 19.0 Å². The van der Waals surface area contributed by atoms with Crippen molar-refractivity contribution in [3.05, 3.63) is 17.8 Å². The summed E-state index contributed by atoms with van der Waals surface area (Å²) in [5, 5.41) is 15.4. The second kappa shape index (κ2) is 4.71. The Morgan fingerprint density at radius 3 is 3.00 bits per heavy atom. The summed E-state index contributed by atoms with van der Waals surface area (Å²) in [5.41, 5.74) is 0.755. The van der Waals surface area contributed by atoms with Crippen LogP contribution in [-0.2, 0) is 4.79 Å². The molecule has 1 saturated heterocycles. The predicted molar refractivity (Wildman–Crippen MR) is 64.8 cm³/mol. The van der Waals surface area contributed by atoms with E-state index in [-0.39, 0.29) is 23.5 Å². The SMILES string of the molecule is Cc1ccc(O)c(NC(=O)C2NCCC2C)n1. The summed E-state index contributed by atoms with van der Waals surface area (Å²) in [6, 6.07) is 3.03. The summed E-state index contributed by atoms with van der Waals surface area (Å²) in [6.45, 7) is 4.70.